The van der Waals surface area contributed by atoms with Crippen molar-refractivity contribution in [1.29, 1.82) is 0 Å². The van der Waals surface area contributed by atoms with Gasteiger partial charge in [0.25, 0.3) is 0 Å². The maximum atomic E-state index is 5.12. The summed E-state index contributed by atoms with van der Waals surface area (Å²) in [5.74, 6) is 1.66. The Morgan fingerprint density at radius 2 is 1.34 bits per heavy atom. The minimum absolute atomic E-state index is 0.137. The minimum atomic E-state index is 0.137. The Kier molecular flexibility index (Phi) is 10.4. The van der Waals surface area contributed by atoms with Crippen LogP contribution >= 0.6 is 0 Å². The van der Waals surface area contributed by atoms with E-state index in [0.717, 1.165) is 58.4 Å². The highest BCUT2D eigenvalue weighted by Gasteiger charge is 2.27. The van der Waals surface area contributed by atoms with E-state index >= 15 is 0 Å². The Bertz CT molecular complexity index is 3290. The Morgan fingerprint density at radius 3 is 2.08 bits per heavy atom. The maximum absolute atomic E-state index is 5.12. The van der Waals surface area contributed by atoms with Crippen LogP contribution in [-0.2, 0) is 0 Å². The van der Waals surface area contributed by atoms with Gasteiger partial charge in [-0.15, -0.1) is 13.2 Å². The third kappa shape index (κ3) is 6.78. The van der Waals surface area contributed by atoms with Gasteiger partial charge in [-0.1, -0.05) is 116 Å². The molecule has 7 heteroatoms. The minimum Gasteiger partial charge on any atom is -0.309 e. The number of benzene rings is 6. The van der Waals surface area contributed by atoms with Crippen molar-refractivity contribution in [3.05, 3.63) is 195 Å². The molecule has 0 amide bonds. The van der Waals surface area contributed by atoms with Gasteiger partial charge >= 0.3 is 0 Å². The SMILES string of the molecule is C=CCCN=Cc1nc(-c2cc(-c3ccccc3)c(-n3c4ccccc4c4c3ccc3c5ccccc5n(-c5ccccc5)c34)c(C(CC)CC=C)c2)nc(-c2ccccn2)n1. The van der Waals surface area contributed by atoms with Gasteiger partial charge in [0.1, 0.15) is 5.69 Å². The molecule has 0 saturated heterocycles. The predicted molar refractivity (Wildman–Crippen MR) is 258 cm³/mol. The molecule has 62 heavy (non-hydrogen) atoms. The average Bonchev–Trinajstić information content (AvgIpc) is 3.85. The van der Waals surface area contributed by atoms with Gasteiger partial charge in [-0.3, -0.25) is 9.98 Å². The molecule has 10 aromatic rings. The first-order chi connectivity index (χ1) is 30.7. The third-order valence-corrected chi connectivity index (χ3v) is 11.8. The summed E-state index contributed by atoms with van der Waals surface area (Å²) in [4.78, 5) is 24.3. The van der Waals surface area contributed by atoms with E-state index in [-0.39, 0.29) is 5.92 Å². The van der Waals surface area contributed by atoms with Crippen molar-refractivity contribution in [2.24, 2.45) is 4.99 Å². The molecule has 0 aliphatic carbocycles. The molecule has 0 N–H and O–H groups in total. The molecule has 7 nitrogen and oxygen atoms in total. The molecule has 10 rings (SSSR count). The van der Waals surface area contributed by atoms with Crippen molar-refractivity contribution < 1.29 is 0 Å². The molecule has 0 fully saturated rings. The summed E-state index contributed by atoms with van der Waals surface area (Å²) < 4.78 is 4.95. The van der Waals surface area contributed by atoms with Gasteiger partial charge in [0.15, 0.2) is 17.5 Å². The number of para-hydroxylation sites is 3. The largest absolute Gasteiger partial charge is 0.309 e. The summed E-state index contributed by atoms with van der Waals surface area (Å²) in [5, 5.41) is 4.85. The molecule has 0 bridgehead atoms. The number of aliphatic imine (C=N–C) groups is 1. The molecular formula is C55H45N7. The van der Waals surface area contributed by atoms with Crippen molar-refractivity contribution in [1.82, 2.24) is 29.1 Å². The van der Waals surface area contributed by atoms with Crippen LogP contribution in [0.5, 0.6) is 0 Å². The van der Waals surface area contributed by atoms with Crippen LogP contribution in [0.4, 0.5) is 0 Å². The van der Waals surface area contributed by atoms with Crippen LogP contribution in [0.25, 0.3) is 89.0 Å². The van der Waals surface area contributed by atoms with Gasteiger partial charge in [-0.05, 0) is 90.9 Å². The summed E-state index contributed by atoms with van der Waals surface area (Å²) >= 11 is 0. The zero-order valence-electron chi connectivity index (χ0n) is 34.7. The quantitative estimate of drug-likeness (QED) is 0.0661. The van der Waals surface area contributed by atoms with E-state index < -0.39 is 0 Å². The second-order valence-corrected chi connectivity index (χ2v) is 15.5. The van der Waals surface area contributed by atoms with Gasteiger partial charge < -0.3 is 9.13 Å². The molecule has 4 aromatic heterocycles. The van der Waals surface area contributed by atoms with E-state index in [9.17, 15) is 0 Å². The van der Waals surface area contributed by atoms with Crippen molar-refractivity contribution in [2.75, 3.05) is 6.54 Å². The normalized spacial score (nSPS) is 12.2. The number of pyridine rings is 1. The molecule has 0 aliphatic heterocycles. The molecule has 1 atom stereocenters. The fourth-order valence-corrected chi connectivity index (χ4v) is 8.99. The van der Waals surface area contributed by atoms with Gasteiger partial charge in [0.05, 0.1) is 34.0 Å². The Labute approximate surface area is 361 Å². The first-order valence-electron chi connectivity index (χ1n) is 21.3. The Morgan fingerprint density at radius 1 is 0.629 bits per heavy atom. The lowest BCUT2D eigenvalue weighted by Gasteiger charge is -2.25. The first kappa shape index (κ1) is 38.4. The standard InChI is InChI=1S/C55H45N7/c1-4-7-32-56-36-50-58-54(60-55(59-50)46-27-18-19-33-57-46)39-34-44(37(6-3)20-5-2)52(45(35-39)38-21-10-8-11-22-38)62-48-29-17-15-26-43(48)51-49(62)31-30-42-41-25-14-16-28-47(41)61(53(42)51)40-23-12-9-13-24-40/h4-5,8-19,21-31,33-37H,1-2,6-7,20,32H2,3H3. The zero-order valence-corrected chi connectivity index (χ0v) is 34.7. The Hall–Kier alpha value is -7.77. The highest BCUT2D eigenvalue weighted by molar-refractivity contribution is 6.26. The van der Waals surface area contributed by atoms with Gasteiger partial charge in [-0.25, -0.2) is 15.0 Å². The number of rotatable bonds is 13. The van der Waals surface area contributed by atoms with Crippen LogP contribution in [-0.4, -0.2) is 41.8 Å². The van der Waals surface area contributed by atoms with Crippen molar-refractivity contribution in [3.63, 3.8) is 0 Å². The highest BCUT2D eigenvalue weighted by Crippen LogP contribution is 2.46. The van der Waals surface area contributed by atoms with Crippen LogP contribution in [0.15, 0.2) is 188 Å². The van der Waals surface area contributed by atoms with Crippen LogP contribution in [0.3, 0.4) is 0 Å². The molecule has 0 radical (unpaired) electrons. The maximum Gasteiger partial charge on any atom is 0.182 e. The van der Waals surface area contributed by atoms with Gasteiger partial charge in [0.2, 0.25) is 0 Å². The van der Waals surface area contributed by atoms with Crippen LogP contribution in [0.2, 0.25) is 0 Å². The molecule has 0 spiro atoms. The van der Waals surface area contributed by atoms with Crippen LogP contribution in [0.1, 0.15) is 43.5 Å². The van der Waals surface area contributed by atoms with E-state index in [1.807, 2.05) is 30.4 Å². The number of nitrogens with zero attached hydrogens (tertiary/aromatic N) is 7. The number of allylic oxidation sites excluding steroid dienone is 1. The third-order valence-electron chi connectivity index (χ3n) is 11.8. The fraction of sp³-hybridized carbons (Fsp3) is 0.109. The smallest absolute Gasteiger partial charge is 0.182 e. The topological polar surface area (TPSA) is 73.8 Å². The van der Waals surface area contributed by atoms with Crippen LogP contribution < -0.4 is 0 Å². The van der Waals surface area contributed by atoms with E-state index in [2.05, 4.69) is 173 Å². The van der Waals surface area contributed by atoms with E-state index in [1.54, 1.807) is 12.4 Å². The molecule has 300 valence electrons. The van der Waals surface area contributed by atoms with Gasteiger partial charge in [-0.2, -0.15) is 0 Å². The molecular weight excluding hydrogens is 759 g/mol. The summed E-state index contributed by atoms with van der Waals surface area (Å²) in [7, 11) is 0. The molecule has 4 heterocycles. The van der Waals surface area contributed by atoms with Crippen molar-refractivity contribution in [3.8, 4) is 45.4 Å². The summed E-state index contributed by atoms with van der Waals surface area (Å²) in [6, 6.07) is 54.0. The van der Waals surface area contributed by atoms with Crippen molar-refractivity contribution >= 4 is 49.8 Å². The number of fused-ring (bicyclic) bond motifs is 7. The lowest BCUT2D eigenvalue weighted by atomic mass is 9.86. The summed E-state index contributed by atoms with van der Waals surface area (Å²) in [6.45, 7) is 11.0. The molecule has 0 saturated carbocycles. The predicted octanol–water partition coefficient (Wildman–Crippen LogP) is 13.5. The molecule has 0 aliphatic rings. The lowest BCUT2D eigenvalue weighted by molar-refractivity contribution is 0.672. The number of aromatic nitrogens is 6. The second kappa shape index (κ2) is 16.7. The summed E-state index contributed by atoms with van der Waals surface area (Å²) in [6.07, 6.45) is 9.85. The monoisotopic (exact) mass is 803 g/mol. The van der Waals surface area contributed by atoms with E-state index in [4.69, 9.17) is 15.0 Å². The van der Waals surface area contributed by atoms with Gasteiger partial charge in [0, 0.05) is 51.1 Å². The molecule has 6 aromatic carbocycles. The zero-order chi connectivity index (χ0) is 42.0. The number of hydrogen-bond acceptors (Lipinski definition) is 5. The number of hydrogen-bond donors (Lipinski definition) is 0. The second-order valence-electron chi connectivity index (χ2n) is 15.5. The Balaban J connectivity index is 1.32. The fourth-order valence-electron chi connectivity index (χ4n) is 8.99. The lowest BCUT2D eigenvalue weighted by Crippen LogP contribution is -2.09. The van der Waals surface area contributed by atoms with Crippen molar-refractivity contribution in [2.45, 2.75) is 32.1 Å². The van der Waals surface area contributed by atoms with E-state index in [0.29, 0.717) is 29.7 Å². The first-order valence-corrected chi connectivity index (χ1v) is 21.3. The highest BCUT2D eigenvalue weighted by atomic mass is 15.1. The van der Waals surface area contributed by atoms with Crippen LogP contribution in [0, 0.1) is 0 Å². The van der Waals surface area contributed by atoms with E-state index in [1.165, 1.54) is 38.1 Å². The molecule has 1 unspecified atom stereocenters. The summed E-state index contributed by atoms with van der Waals surface area (Å²) in [5.41, 5.74) is 11.8. The average molecular weight is 804 g/mol.